The number of nitrogens with zero attached hydrogens (tertiary/aromatic N) is 2. The van der Waals surface area contributed by atoms with Crippen LogP contribution in [0, 0.1) is 32.1 Å². The highest BCUT2D eigenvalue weighted by Gasteiger charge is 2.24. The molecule has 0 atom stereocenters. The molecule has 3 heteroatoms. The van der Waals surface area contributed by atoms with Crippen LogP contribution in [0.5, 0.6) is 0 Å². The monoisotopic (exact) mass is 403 g/mol. The summed E-state index contributed by atoms with van der Waals surface area (Å²) in [6.07, 6.45) is 0. The summed E-state index contributed by atoms with van der Waals surface area (Å²) in [7, 11) is 2.08. The van der Waals surface area contributed by atoms with Crippen molar-refractivity contribution in [3.05, 3.63) is 89.1 Å². The highest BCUT2D eigenvalue weighted by molar-refractivity contribution is 6.15. The zero-order valence-electron chi connectivity index (χ0n) is 18.2. The van der Waals surface area contributed by atoms with Crippen LogP contribution < -0.4 is 4.57 Å². The molecule has 5 aromatic rings. The third-order valence-corrected chi connectivity index (χ3v) is 6.15. The van der Waals surface area contributed by atoms with Crippen molar-refractivity contribution in [3.8, 4) is 28.5 Å². The van der Waals surface area contributed by atoms with Gasteiger partial charge in [0.1, 0.15) is 18.2 Å². The van der Waals surface area contributed by atoms with Crippen molar-refractivity contribution in [3.63, 3.8) is 0 Å². The third-order valence-electron chi connectivity index (χ3n) is 6.15. The topological polar surface area (TPSA) is 40.8 Å². The fraction of sp³-hybridized carbons (Fsp3) is 0.143. The first kappa shape index (κ1) is 19.1. The van der Waals surface area contributed by atoms with Crippen molar-refractivity contribution in [2.75, 3.05) is 0 Å². The van der Waals surface area contributed by atoms with Gasteiger partial charge in [0, 0.05) is 35.4 Å². The molecule has 0 bridgehead atoms. The Morgan fingerprint density at radius 2 is 1.65 bits per heavy atom. The Morgan fingerprint density at radius 1 is 0.871 bits per heavy atom. The number of hydrogen-bond donors (Lipinski definition) is 0. The van der Waals surface area contributed by atoms with E-state index in [1.807, 2.05) is 30.3 Å². The summed E-state index contributed by atoms with van der Waals surface area (Å²) in [5, 5.41) is 11.7. The fourth-order valence-electron chi connectivity index (χ4n) is 4.51. The molecule has 3 aromatic carbocycles. The Labute approximate surface area is 181 Å². The summed E-state index contributed by atoms with van der Waals surface area (Å²) in [4.78, 5) is 0. The molecular formula is C28H23N2O+. The van der Waals surface area contributed by atoms with Crippen molar-refractivity contribution < 1.29 is 8.98 Å². The lowest BCUT2D eigenvalue weighted by Crippen LogP contribution is -2.35. The Morgan fingerprint density at radius 3 is 2.39 bits per heavy atom. The number of furan rings is 1. The minimum Gasteiger partial charge on any atom is -0.454 e. The van der Waals surface area contributed by atoms with E-state index in [0.29, 0.717) is 5.56 Å². The molecule has 0 aliphatic rings. The molecule has 0 aliphatic carbocycles. The summed E-state index contributed by atoms with van der Waals surface area (Å²) >= 11 is 0. The average molecular weight is 404 g/mol. The SMILES string of the molecule is Cc1cc(C)[n+](C)c(-c2c(C)ccc3c2oc2c(-c4ccccc4)ccc(C#N)c23)c1. The van der Waals surface area contributed by atoms with Gasteiger partial charge in [0.25, 0.3) is 0 Å². The van der Waals surface area contributed by atoms with Crippen molar-refractivity contribution in [2.45, 2.75) is 20.8 Å². The summed E-state index contributed by atoms with van der Waals surface area (Å²) in [6.45, 7) is 6.35. The van der Waals surface area contributed by atoms with Crippen molar-refractivity contribution in [1.29, 1.82) is 5.26 Å². The second-order valence-corrected chi connectivity index (χ2v) is 8.20. The van der Waals surface area contributed by atoms with E-state index in [9.17, 15) is 5.26 Å². The first-order valence-corrected chi connectivity index (χ1v) is 10.4. The standard InChI is InChI=1S/C28H23N2O/c1-17-14-19(3)30(4)24(15-17)25-18(2)10-12-23-26-21(16-29)11-13-22(27(26)31-28(23)25)20-8-6-5-7-9-20/h5-15H,1-4H3/q+1. The van der Waals surface area contributed by atoms with Crippen LogP contribution in [0.4, 0.5) is 0 Å². The largest absolute Gasteiger partial charge is 0.454 e. The number of fused-ring (bicyclic) bond motifs is 3. The molecule has 0 amide bonds. The zero-order valence-corrected chi connectivity index (χ0v) is 18.2. The molecule has 0 radical (unpaired) electrons. The van der Waals surface area contributed by atoms with E-state index in [1.54, 1.807) is 0 Å². The maximum atomic E-state index is 9.84. The van der Waals surface area contributed by atoms with Crippen LogP contribution in [-0.4, -0.2) is 0 Å². The maximum absolute atomic E-state index is 9.84. The van der Waals surface area contributed by atoms with Gasteiger partial charge >= 0.3 is 0 Å². The first-order valence-electron chi connectivity index (χ1n) is 10.4. The number of rotatable bonds is 2. The highest BCUT2D eigenvalue weighted by Crippen LogP contribution is 2.42. The Hall–Kier alpha value is -3.90. The lowest BCUT2D eigenvalue weighted by atomic mass is 9.96. The number of benzene rings is 3. The predicted octanol–water partition coefficient (Wildman–Crippen LogP) is 6.54. The average Bonchev–Trinajstić information content (AvgIpc) is 3.16. The molecule has 5 rings (SSSR count). The molecule has 150 valence electrons. The van der Waals surface area contributed by atoms with Crippen molar-refractivity contribution >= 4 is 21.9 Å². The lowest BCUT2D eigenvalue weighted by molar-refractivity contribution is -0.666. The van der Waals surface area contributed by atoms with Crippen LogP contribution >= 0.6 is 0 Å². The molecule has 0 spiro atoms. The van der Waals surface area contributed by atoms with E-state index in [-0.39, 0.29) is 0 Å². The number of nitriles is 1. The summed E-state index contributed by atoms with van der Waals surface area (Å²) in [5.41, 5.74) is 10.0. The van der Waals surface area contributed by atoms with E-state index in [0.717, 1.165) is 49.9 Å². The summed E-state index contributed by atoms with van der Waals surface area (Å²) in [6, 6.07) is 25.0. The van der Waals surface area contributed by atoms with Gasteiger partial charge in [-0.05, 0) is 42.7 Å². The molecule has 0 N–H and O–H groups in total. The number of pyridine rings is 1. The molecular weight excluding hydrogens is 380 g/mol. The van der Waals surface area contributed by atoms with Crippen LogP contribution in [0.25, 0.3) is 44.3 Å². The highest BCUT2D eigenvalue weighted by atomic mass is 16.3. The van der Waals surface area contributed by atoms with E-state index in [4.69, 9.17) is 4.42 Å². The third kappa shape index (κ3) is 2.92. The Bertz CT molecular complexity index is 1520. The van der Waals surface area contributed by atoms with E-state index < -0.39 is 0 Å². The number of aryl methyl sites for hydroxylation is 3. The molecule has 2 heterocycles. The van der Waals surface area contributed by atoms with E-state index >= 15 is 0 Å². The van der Waals surface area contributed by atoms with Gasteiger partial charge in [-0.1, -0.05) is 42.5 Å². The molecule has 0 unspecified atom stereocenters. The zero-order chi connectivity index (χ0) is 21.7. The lowest BCUT2D eigenvalue weighted by Gasteiger charge is -2.08. The second kappa shape index (κ2) is 7.11. The normalized spacial score (nSPS) is 11.2. The van der Waals surface area contributed by atoms with Gasteiger partial charge in [-0.25, -0.2) is 0 Å². The second-order valence-electron chi connectivity index (χ2n) is 8.20. The van der Waals surface area contributed by atoms with Crippen molar-refractivity contribution in [2.24, 2.45) is 7.05 Å². The van der Waals surface area contributed by atoms with E-state index in [2.05, 4.69) is 74.9 Å². The molecule has 0 saturated carbocycles. The smallest absolute Gasteiger partial charge is 0.216 e. The van der Waals surface area contributed by atoms with Gasteiger partial charge in [-0.3, -0.25) is 0 Å². The van der Waals surface area contributed by atoms with Crippen LogP contribution in [0.15, 0.2) is 71.1 Å². The number of aromatic nitrogens is 1. The Balaban J connectivity index is 1.95. The molecule has 31 heavy (non-hydrogen) atoms. The predicted molar refractivity (Wildman–Crippen MR) is 125 cm³/mol. The maximum Gasteiger partial charge on any atom is 0.216 e. The Kier molecular flexibility index (Phi) is 4.38. The van der Waals surface area contributed by atoms with Crippen LogP contribution in [0.3, 0.4) is 0 Å². The summed E-state index contributed by atoms with van der Waals surface area (Å²) in [5.74, 6) is 0. The van der Waals surface area contributed by atoms with Gasteiger partial charge in [0.05, 0.1) is 17.2 Å². The van der Waals surface area contributed by atoms with Gasteiger partial charge in [0.15, 0.2) is 5.69 Å². The van der Waals surface area contributed by atoms with Crippen molar-refractivity contribution in [1.82, 2.24) is 0 Å². The van der Waals surface area contributed by atoms with Crippen LogP contribution in [0.2, 0.25) is 0 Å². The van der Waals surface area contributed by atoms with Crippen LogP contribution in [0.1, 0.15) is 22.4 Å². The van der Waals surface area contributed by atoms with Gasteiger partial charge in [0.2, 0.25) is 5.69 Å². The molecule has 0 aliphatic heterocycles. The molecule has 3 nitrogen and oxygen atoms in total. The summed E-state index contributed by atoms with van der Waals surface area (Å²) < 4.78 is 8.82. The minimum absolute atomic E-state index is 0.632. The molecule has 0 saturated heterocycles. The number of hydrogen-bond acceptors (Lipinski definition) is 2. The quantitative estimate of drug-likeness (QED) is 0.314. The first-order chi connectivity index (χ1) is 15.0. The van der Waals surface area contributed by atoms with Gasteiger partial charge < -0.3 is 4.42 Å². The minimum atomic E-state index is 0.632. The molecule has 0 fully saturated rings. The van der Waals surface area contributed by atoms with Crippen LogP contribution in [-0.2, 0) is 7.05 Å². The van der Waals surface area contributed by atoms with E-state index in [1.165, 1.54) is 11.3 Å². The van der Waals surface area contributed by atoms with Gasteiger partial charge in [-0.2, -0.15) is 9.83 Å². The molecule has 2 aromatic heterocycles. The van der Waals surface area contributed by atoms with Gasteiger partial charge in [-0.15, -0.1) is 0 Å². The fourth-order valence-corrected chi connectivity index (χ4v) is 4.51.